The quantitative estimate of drug-likeness (QED) is 0.795. The molecular formula is C18H20N6O. The van der Waals surface area contributed by atoms with Crippen LogP contribution in [0.3, 0.4) is 0 Å². The maximum atomic E-state index is 12.9. The van der Waals surface area contributed by atoms with E-state index in [1.54, 1.807) is 6.33 Å². The van der Waals surface area contributed by atoms with Crippen molar-refractivity contribution in [1.29, 1.82) is 0 Å². The summed E-state index contributed by atoms with van der Waals surface area (Å²) in [7, 11) is 1.94. The van der Waals surface area contributed by atoms with Gasteiger partial charge in [0.25, 0.3) is 5.91 Å². The molecule has 3 heterocycles. The van der Waals surface area contributed by atoms with Crippen LogP contribution in [0.2, 0.25) is 0 Å². The molecule has 128 valence electrons. The van der Waals surface area contributed by atoms with Gasteiger partial charge >= 0.3 is 0 Å². The van der Waals surface area contributed by atoms with E-state index in [1.807, 2.05) is 52.9 Å². The van der Waals surface area contributed by atoms with Gasteiger partial charge in [-0.2, -0.15) is 5.10 Å². The van der Waals surface area contributed by atoms with Gasteiger partial charge in [0.1, 0.15) is 17.8 Å². The van der Waals surface area contributed by atoms with Gasteiger partial charge in [-0.15, -0.1) is 10.2 Å². The van der Waals surface area contributed by atoms with E-state index in [-0.39, 0.29) is 11.8 Å². The monoisotopic (exact) mass is 336 g/mol. The zero-order valence-electron chi connectivity index (χ0n) is 14.1. The first-order chi connectivity index (χ1) is 12.2. The molecule has 0 saturated carbocycles. The molecule has 1 N–H and O–H groups in total. The van der Waals surface area contributed by atoms with Crippen molar-refractivity contribution < 1.29 is 4.79 Å². The Bertz CT molecular complexity index is 869. The number of carbonyl (C=O) groups is 1. The fourth-order valence-corrected chi connectivity index (χ4v) is 3.39. The van der Waals surface area contributed by atoms with Crippen LogP contribution in [0.1, 0.15) is 35.1 Å². The number of hydrogen-bond acceptors (Lipinski definition) is 4. The summed E-state index contributed by atoms with van der Waals surface area (Å²) in [6, 6.07) is 11.7. The van der Waals surface area contributed by atoms with Crippen LogP contribution >= 0.6 is 0 Å². The molecule has 25 heavy (non-hydrogen) atoms. The normalized spacial score (nSPS) is 17.6. The number of hydrogen-bond donors (Lipinski definition) is 1. The second-order valence-electron chi connectivity index (χ2n) is 6.42. The molecule has 7 heteroatoms. The molecule has 1 fully saturated rings. The standard InChI is InChI=1S/C18H20N6O/c1-23-12-19-22-17(23)14-8-5-9-24(11-14)18(25)16-10-15(20-21-16)13-6-3-2-4-7-13/h2-4,6-7,10,12,14H,5,8-9,11H2,1H3,(H,20,21)/t14-/m1/s1. The summed E-state index contributed by atoms with van der Waals surface area (Å²) < 4.78 is 1.93. The number of H-pyrrole nitrogens is 1. The molecule has 0 unspecified atom stereocenters. The Morgan fingerprint density at radius 2 is 2.12 bits per heavy atom. The van der Waals surface area contributed by atoms with E-state index in [4.69, 9.17) is 0 Å². The van der Waals surface area contributed by atoms with Crippen LogP contribution in [0.25, 0.3) is 11.3 Å². The van der Waals surface area contributed by atoms with Gasteiger partial charge < -0.3 is 9.47 Å². The molecule has 3 aromatic rings. The van der Waals surface area contributed by atoms with E-state index in [9.17, 15) is 4.79 Å². The highest BCUT2D eigenvalue weighted by Gasteiger charge is 2.28. The highest BCUT2D eigenvalue weighted by molar-refractivity contribution is 5.93. The number of aromatic amines is 1. The van der Waals surface area contributed by atoms with Gasteiger partial charge in [0, 0.05) is 31.6 Å². The summed E-state index contributed by atoms with van der Waals surface area (Å²) in [5.74, 6) is 1.15. The molecule has 0 radical (unpaired) electrons. The summed E-state index contributed by atoms with van der Waals surface area (Å²) in [4.78, 5) is 14.7. The Morgan fingerprint density at radius 3 is 2.88 bits per heavy atom. The molecule has 0 aliphatic carbocycles. The van der Waals surface area contributed by atoms with Gasteiger partial charge in [0.2, 0.25) is 0 Å². The van der Waals surface area contributed by atoms with Crippen LogP contribution in [0.4, 0.5) is 0 Å². The van der Waals surface area contributed by atoms with Crippen LogP contribution in [0, 0.1) is 0 Å². The average Bonchev–Trinajstić information content (AvgIpc) is 3.31. The molecule has 1 aliphatic heterocycles. The SMILES string of the molecule is Cn1cnnc1[C@@H]1CCCN(C(=O)c2cc(-c3ccccc3)n[nH]2)C1. The van der Waals surface area contributed by atoms with E-state index in [2.05, 4.69) is 20.4 Å². The van der Waals surface area contributed by atoms with Gasteiger partial charge in [-0.05, 0) is 18.9 Å². The summed E-state index contributed by atoms with van der Waals surface area (Å²) in [5.41, 5.74) is 2.30. The van der Waals surface area contributed by atoms with E-state index >= 15 is 0 Å². The summed E-state index contributed by atoms with van der Waals surface area (Å²) in [5, 5.41) is 15.3. The first-order valence-electron chi connectivity index (χ1n) is 8.46. The Morgan fingerprint density at radius 1 is 1.28 bits per heavy atom. The molecule has 1 amide bonds. The molecule has 1 saturated heterocycles. The summed E-state index contributed by atoms with van der Waals surface area (Å²) in [6.45, 7) is 1.41. The summed E-state index contributed by atoms with van der Waals surface area (Å²) >= 11 is 0. The van der Waals surface area contributed by atoms with E-state index < -0.39 is 0 Å². The van der Waals surface area contributed by atoms with Crippen molar-refractivity contribution in [2.75, 3.05) is 13.1 Å². The lowest BCUT2D eigenvalue weighted by atomic mass is 9.97. The number of carbonyl (C=O) groups excluding carboxylic acids is 1. The number of aryl methyl sites for hydroxylation is 1. The first-order valence-corrected chi connectivity index (χ1v) is 8.46. The molecule has 0 bridgehead atoms. The Labute approximate surface area is 145 Å². The zero-order valence-corrected chi connectivity index (χ0v) is 14.1. The third-order valence-corrected chi connectivity index (χ3v) is 4.70. The number of likely N-dealkylation sites (tertiary alicyclic amines) is 1. The molecule has 0 spiro atoms. The average molecular weight is 336 g/mol. The lowest BCUT2D eigenvalue weighted by molar-refractivity contribution is 0.0697. The molecular weight excluding hydrogens is 316 g/mol. The van der Waals surface area contributed by atoms with Crippen LogP contribution in [0.5, 0.6) is 0 Å². The number of benzene rings is 1. The van der Waals surface area contributed by atoms with Crippen LogP contribution in [-0.2, 0) is 7.05 Å². The molecule has 1 aliphatic rings. The highest BCUT2D eigenvalue weighted by Crippen LogP contribution is 2.26. The first kappa shape index (κ1) is 15.6. The second kappa shape index (κ2) is 6.51. The van der Waals surface area contributed by atoms with Gasteiger partial charge in [-0.3, -0.25) is 9.89 Å². The minimum absolute atomic E-state index is 0.0125. The fourth-order valence-electron chi connectivity index (χ4n) is 3.39. The number of amides is 1. The second-order valence-corrected chi connectivity index (χ2v) is 6.42. The van der Waals surface area contributed by atoms with E-state index in [1.165, 1.54) is 0 Å². The molecule has 2 aromatic heterocycles. The van der Waals surface area contributed by atoms with Crippen molar-refractivity contribution >= 4 is 5.91 Å². The third kappa shape index (κ3) is 3.05. The maximum Gasteiger partial charge on any atom is 0.271 e. The molecule has 1 atom stereocenters. The minimum atomic E-state index is -0.0125. The van der Waals surface area contributed by atoms with Crippen molar-refractivity contribution in [3.05, 3.63) is 54.2 Å². The van der Waals surface area contributed by atoms with Crippen molar-refractivity contribution in [1.82, 2.24) is 29.9 Å². The predicted molar refractivity (Wildman–Crippen MR) is 92.9 cm³/mol. The number of nitrogens with zero attached hydrogens (tertiary/aromatic N) is 5. The van der Waals surface area contributed by atoms with Gasteiger partial charge in [-0.25, -0.2) is 0 Å². The number of aromatic nitrogens is 5. The largest absolute Gasteiger partial charge is 0.337 e. The van der Waals surface area contributed by atoms with Gasteiger partial charge in [-0.1, -0.05) is 30.3 Å². The fraction of sp³-hybridized carbons (Fsp3) is 0.333. The van der Waals surface area contributed by atoms with Gasteiger partial charge in [0.15, 0.2) is 0 Å². The maximum absolute atomic E-state index is 12.9. The van der Waals surface area contributed by atoms with Gasteiger partial charge in [0.05, 0.1) is 5.69 Å². The van der Waals surface area contributed by atoms with E-state index in [0.29, 0.717) is 12.2 Å². The topological polar surface area (TPSA) is 79.7 Å². The van der Waals surface area contributed by atoms with Crippen LogP contribution in [0.15, 0.2) is 42.7 Å². The van der Waals surface area contributed by atoms with Crippen molar-refractivity contribution in [2.24, 2.45) is 7.05 Å². The van der Waals surface area contributed by atoms with Crippen molar-refractivity contribution in [3.63, 3.8) is 0 Å². The summed E-state index contributed by atoms with van der Waals surface area (Å²) in [6.07, 6.45) is 3.69. The molecule has 7 nitrogen and oxygen atoms in total. The molecule has 4 rings (SSSR count). The van der Waals surface area contributed by atoms with Crippen molar-refractivity contribution in [3.8, 4) is 11.3 Å². The Balaban J connectivity index is 1.51. The van der Waals surface area contributed by atoms with Crippen LogP contribution in [-0.4, -0.2) is 48.9 Å². The molecule has 1 aromatic carbocycles. The zero-order chi connectivity index (χ0) is 17.2. The Hall–Kier alpha value is -2.96. The predicted octanol–water partition coefficient (Wildman–Crippen LogP) is 2.22. The number of rotatable bonds is 3. The lowest BCUT2D eigenvalue weighted by Crippen LogP contribution is -2.39. The number of nitrogens with one attached hydrogen (secondary N) is 1. The third-order valence-electron chi connectivity index (χ3n) is 4.70. The minimum Gasteiger partial charge on any atom is -0.337 e. The van der Waals surface area contributed by atoms with Crippen LogP contribution < -0.4 is 0 Å². The van der Waals surface area contributed by atoms with E-state index in [0.717, 1.165) is 36.5 Å². The Kier molecular flexibility index (Phi) is 4.05. The highest BCUT2D eigenvalue weighted by atomic mass is 16.2. The van der Waals surface area contributed by atoms with Crippen molar-refractivity contribution in [2.45, 2.75) is 18.8 Å². The number of piperidine rings is 1. The lowest BCUT2D eigenvalue weighted by Gasteiger charge is -2.31. The smallest absolute Gasteiger partial charge is 0.271 e.